The molecule has 0 aromatic heterocycles. The van der Waals surface area contributed by atoms with Crippen LogP contribution in [0.15, 0.2) is 54.6 Å². The van der Waals surface area contributed by atoms with E-state index in [1.807, 2.05) is 47.4 Å². The number of carbonyl (C=O) groups is 1. The Hall–Kier alpha value is -2.33. The van der Waals surface area contributed by atoms with Crippen molar-refractivity contribution in [2.75, 3.05) is 32.8 Å². The summed E-state index contributed by atoms with van der Waals surface area (Å²) >= 11 is 0. The lowest BCUT2D eigenvalue weighted by Crippen LogP contribution is -2.61. The zero-order valence-corrected chi connectivity index (χ0v) is 16.3. The highest BCUT2D eigenvalue weighted by molar-refractivity contribution is 5.78. The Morgan fingerprint density at radius 1 is 0.857 bits per heavy atom. The molecule has 0 bridgehead atoms. The van der Waals surface area contributed by atoms with Crippen molar-refractivity contribution in [2.24, 2.45) is 11.8 Å². The molecule has 0 spiro atoms. The van der Waals surface area contributed by atoms with Crippen molar-refractivity contribution in [3.05, 3.63) is 54.6 Å². The molecule has 2 heterocycles. The molecule has 4 heteroatoms. The number of nitrogens with zero attached hydrogens (tertiary/aromatic N) is 2. The van der Waals surface area contributed by atoms with Crippen LogP contribution in [0, 0.1) is 11.8 Å². The van der Waals surface area contributed by atoms with E-state index in [0.717, 1.165) is 36.2 Å². The Balaban J connectivity index is 1.08. The van der Waals surface area contributed by atoms with Gasteiger partial charge in [0.2, 0.25) is 0 Å². The molecule has 1 aliphatic carbocycles. The number of carbonyl (C=O) groups excluding carboxylic acids is 1. The fourth-order valence-electron chi connectivity index (χ4n) is 5.07. The van der Waals surface area contributed by atoms with Crippen LogP contribution < -0.4 is 4.74 Å². The highest BCUT2D eigenvalue weighted by Gasteiger charge is 2.43. The lowest BCUT2D eigenvalue weighted by atomic mass is 10.0. The van der Waals surface area contributed by atoms with Gasteiger partial charge in [-0.1, -0.05) is 48.9 Å². The van der Waals surface area contributed by atoms with Crippen molar-refractivity contribution >= 4 is 5.91 Å². The molecule has 146 valence electrons. The van der Waals surface area contributed by atoms with Crippen molar-refractivity contribution < 1.29 is 9.53 Å². The first-order chi connectivity index (χ1) is 13.8. The lowest BCUT2D eigenvalue weighted by Gasteiger charge is -2.44. The third-order valence-corrected chi connectivity index (χ3v) is 6.81. The monoisotopic (exact) mass is 376 g/mol. The van der Waals surface area contributed by atoms with Crippen LogP contribution in [-0.4, -0.2) is 54.5 Å². The fraction of sp³-hybridized carbons (Fsp3) is 0.458. The molecule has 2 saturated heterocycles. The molecule has 2 aromatic carbocycles. The molecule has 0 N–H and O–H groups in total. The normalized spacial score (nSPS) is 24.8. The standard InChI is InChI=1S/C24H28N2O2/c27-24(26-15-22(16-26)25-13-20-7-4-8-21(20)14-25)17-28-23-11-9-19(10-12-23)18-5-2-1-3-6-18/h1-3,5-6,9-12,20-22H,4,7-8,13-17H2. The van der Waals surface area contributed by atoms with Gasteiger partial charge in [0.05, 0.1) is 0 Å². The maximum absolute atomic E-state index is 12.4. The van der Waals surface area contributed by atoms with Crippen LogP contribution in [0.4, 0.5) is 0 Å². The van der Waals surface area contributed by atoms with Crippen molar-refractivity contribution in [3.63, 3.8) is 0 Å². The van der Waals surface area contributed by atoms with Crippen molar-refractivity contribution in [1.29, 1.82) is 0 Å². The largest absolute Gasteiger partial charge is 0.484 e. The van der Waals surface area contributed by atoms with Gasteiger partial charge in [-0.25, -0.2) is 0 Å². The number of amides is 1. The number of fused-ring (bicyclic) bond motifs is 1. The topological polar surface area (TPSA) is 32.8 Å². The smallest absolute Gasteiger partial charge is 0.260 e. The first kappa shape index (κ1) is 17.7. The summed E-state index contributed by atoms with van der Waals surface area (Å²) in [6, 6.07) is 18.8. The van der Waals surface area contributed by atoms with Gasteiger partial charge in [0.1, 0.15) is 5.75 Å². The molecule has 2 atom stereocenters. The minimum absolute atomic E-state index is 0.0998. The highest BCUT2D eigenvalue weighted by Crippen LogP contribution is 2.39. The third-order valence-electron chi connectivity index (χ3n) is 6.81. The van der Waals surface area contributed by atoms with Crippen LogP contribution in [-0.2, 0) is 4.79 Å². The van der Waals surface area contributed by atoms with Crippen molar-refractivity contribution in [1.82, 2.24) is 9.80 Å². The molecular weight excluding hydrogens is 348 g/mol. The maximum Gasteiger partial charge on any atom is 0.260 e. The van der Waals surface area contributed by atoms with Crippen LogP contribution in [0.1, 0.15) is 19.3 Å². The van der Waals surface area contributed by atoms with E-state index in [4.69, 9.17) is 4.74 Å². The van der Waals surface area contributed by atoms with E-state index in [-0.39, 0.29) is 12.5 Å². The van der Waals surface area contributed by atoms with Crippen LogP contribution in [0.2, 0.25) is 0 Å². The Kier molecular flexibility index (Phi) is 4.81. The summed E-state index contributed by atoms with van der Waals surface area (Å²) in [4.78, 5) is 17.0. The molecule has 0 radical (unpaired) electrons. The summed E-state index contributed by atoms with van der Waals surface area (Å²) in [6.45, 7) is 4.37. The average molecular weight is 377 g/mol. The second-order valence-corrected chi connectivity index (χ2v) is 8.54. The third kappa shape index (κ3) is 3.53. The average Bonchev–Trinajstić information content (AvgIpc) is 3.28. The molecule has 28 heavy (non-hydrogen) atoms. The van der Waals surface area contributed by atoms with E-state index in [9.17, 15) is 4.79 Å². The van der Waals surface area contributed by atoms with Gasteiger partial charge in [0.25, 0.3) is 5.91 Å². The molecule has 4 nitrogen and oxygen atoms in total. The molecule has 5 rings (SSSR count). The summed E-state index contributed by atoms with van der Waals surface area (Å²) in [5, 5.41) is 0. The predicted octanol–water partition coefficient (Wildman–Crippen LogP) is 3.68. The molecule has 1 saturated carbocycles. The summed E-state index contributed by atoms with van der Waals surface area (Å²) in [7, 11) is 0. The van der Waals surface area contributed by atoms with Crippen LogP contribution in [0.5, 0.6) is 5.75 Å². The SMILES string of the molecule is O=C(COc1ccc(-c2ccccc2)cc1)N1CC(N2CC3CCCC3C2)C1. The number of ether oxygens (including phenoxy) is 1. The minimum Gasteiger partial charge on any atom is -0.484 e. The molecule has 3 fully saturated rings. The van der Waals surface area contributed by atoms with E-state index in [2.05, 4.69) is 17.0 Å². The van der Waals surface area contributed by atoms with E-state index >= 15 is 0 Å². The number of hydrogen-bond donors (Lipinski definition) is 0. The molecule has 1 amide bonds. The minimum atomic E-state index is 0.0998. The number of hydrogen-bond acceptors (Lipinski definition) is 3. The van der Waals surface area contributed by atoms with Crippen LogP contribution in [0.3, 0.4) is 0 Å². The number of rotatable bonds is 5. The van der Waals surface area contributed by atoms with E-state index in [0.29, 0.717) is 6.04 Å². The Morgan fingerprint density at radius 3 is 2.18 bits per heavy atom. The van der Waals surface area contributed by atoms with Gasteiger partial charge >= 0.3 is 0 Å². The fourth-order valence-corrected chi connectivity index (χ4v) is 5.07. The van der Waals surface area contributed by atoms with Crippen LogP contribution >= 0.6 is 0 Å². The van der Waals surface area contributed by atoms with Gasteiger partial charge in [0, 0.05) is 32.2 Å². The second-order valence-electron chi connectivity index (χ2n) is 8.54. The molecule has 3 aliphatic rings. The van der Waals surface area contributed by atoms with E-state index < -0.39 is 0 Å². The molecular formula is C24H28N2O2. The summed E-state index contributed by atoms with van der Waals surface area (Å²) in [6.07, 6.45) is 4.24. The molecule has 2 aliphatic heterocycles. The van der Waals surface area contributed by atoms with E-state index in [1.54, 1.807) is 0 Å². The summed E-state index contributed by atoms with van der Waals surface area (Å²) in [5.74, 6) is 2.69. The first-order valence-electron chi connectivity index (χ1n) is 10.6. The molecule has 2 aromatic rings. The Bertz CT molecular complexity index is 802. The predicted molar refractivity (Wildman–Crippen MR) is 110 cm³/mol. The van der Waals surface area contributed by atoms with Gasteiger partial charge in [-0.15, -0.1) is 0 Å². The van der Waals surface area contributed by atoms with Crippen LogP contribution in [0.25, 0.3) is 11.1 Å². The van der Waals surface area contributed by atoms with Crippen molar-refractivity contribution in [3.8, 4) is 16.9 Å². The second kappa shape index (κ2) is 7.59. The van der Waals surface area contributed by atoms with Gasteiger partial charge < -0.3 is 9.64 Å². The van der Waals surface area contributed by atoms with Gasteiger partial charge in [0.15, 0.2) is 6.61 Å². The quantitative estimate of drug-likeness (QED) is 0.798. The zero-order valence-electron chi connectivity index (χ0n) is 16.3. The number of benzene rings is 2. The van der Waals surface area contributed by atoms with Crippen molar-refractivity contribution in [2.45, 2.75) is 25.3 Å². The highest BCUT2D eigenvalue weighted by atomic mass is 16.5. The molecule has 2 unspecified atom stereocenters. The zero-order chi connectivity index (χ0) is 18.9. The lowest BCUT2D eigenvalue weighted by molar-refractivity contribution is -0.140. The Labute approximate surface area is 167 Å². The first-order valence-corrected chi connectivity index (χ1v) is 10.6. The number of likely N-dealkylation sites (tertiary alicyclic amines) is 2. The Morgan fingerprint density at radius 2 is 1.50 bits per heavy atom. The summed E-state index contributed by atoms with van der Waals surface area (Å²) in [5.41, 5.74) is 2.34. The van der Waals surface area contributed by atoms with E-state index in [1.165, 1.54) is 37.9 Å². The van der Waals surface area contributed by atoms with Gasteiger partial charge in [-0.05, 0) is 47.9 Å². The maximum atomic E-state index is 12.4. The summed E-state index contributed by atoms with van der Waals surface area (Å²) < 4.78 is 5.73. The van der Waals surface area contributed by atoms with Gasteiger partial charge in [-0.3, -0.25) is 9.69 Å². The van der Waals surface area contributed by atoms with Gasteiger partial charge in [-0.2, -0.15) is 0 Å².